The Morgan fingerprint density at radius 2 is 1.81 bits per heavy atom. The normalized spacial score (nSPS) is 12.8. The molecule has 8 heteroatoms. The fourth-order valence-corrected chi connectivity index (χ4v) is 2.21. The van der Waals surface area contributed by atoms with Crippen LogP contribution in [0.3, 0.4) is 0 Å². The SMILES string of the molecule is Nc1cccc(CC(F)(F)F)c1S(N)(=O)=O. The molecule has 0 heterocycles. The number of nitrogen functional groups attached to an aromatic ring is 1. The van der Waals surface area contributed by atoms with E-state index in [0.29, 0.717) is 0 Å². The molecule has 1 aromatic rings. The lowest BCUT2D eigenvalue weighted by Gasteiger charge is -2.12. The molecule has 0 bridgehead atoms. The monoisotopic (exact) mass is 254 g/mol. The average Bonchev–Trinajstić information content (AvgIpc) is 1.97. The van der Waals surface area contributed by atoms with Gasteiger partial charge in [0.15, 0.2) is 0 Å². The van der Waals surface area contributed by atoms with Crippen LogP contribution in [-0.2, 0) is 16.4 Å². The Morgan fingerprint density at radius 3 is 2.25 bits per heavy atom. The summed E-state index contributed by atoms with van der Waals surface area (Å²) in [5.74, 6) is 0. The van der Waals surface area contributed by atoms with Crippen LogP contribution in [0.5, 0.6) is 0 Å². The number of hydrogen-bond acceptors (Lipinski definition) is 3. The van der Waals surface area contributed by atoms with Gasteiger partial charge in [0.1, 0.15) is 4.90 Å². The zero-order valence-electron chi connectivity index (χ0n) is 7.95. The molecule has 0 aliphatic carbocycles. The third kappa shape index (κ3) is 3.11. The fourth-order valence-electron chi connectivity index (χ4n) is 1.31. The van der Waals surface area contributed by atoms with Crippen molar-refractivity contribution in [1.29, 1.82) is 0 Å². The van der Waals surface area contributed by atoms with E-state index in [-0.39, 0.29) is 5.69 Å². The summed E-state index contributed by atoms with van der Waals surface area (Å²) in [5.41, 5.74) is 4.56. The molecule has 0 radical (unpaired) electrons. The van der Waals surface area contributed by atoms with E-state index in [9.17, 15) is 21.6 Å². The molecule has 0 unspecified atom stereocenters. The highest BCUT2D eigenvalue weighted by molar-refractivity contribution is 7.89. The molecular formula is C8H9F3N2O2S. The van der Waals surface area contributed by atoms with Crippen LogP contribution in [0.2, 0.25) is 0 Å². The summed E-state index contributed by atoms with van der Waals surface area (Å²) in [5, 5.41) is 4.80. The predicted octanol–water partition coefficient (Wildman–Crippen LogP) is 1.02. The standard InChI is InChI=1S/C8H9F3N2O2S/c9-8(10,11)4-5-2-1-3-6(12)7(5)16(13,14)15/h1-3H,4,12H2,(H2,13,14,15). The Balaban J connectivity index is 3.36. The summed E-state index contributed by atoms with van der Waals surface area (Å²) in [4.78, 5) is -0.660. The molecule has 0 saturated carbocycles. The molecule has 0 atom stereocenters. The van der Waals surface area contributed by atoms with Crippen molar-refractivity contribution in [1.82, 2.24) is 0 Å². The first kappa shape index (κ1) is 12.8. The predicted molar refractivity (Wildman–Crippen MR) is 52.0 cm³/mol. The van der Waals surface area contributed by atoms with E-state index in [2.05, 4.69) is 0 Å². The number of nitrogens with two attached hydrogens (primary N) is 2. The molecule has 0 aromatic heterocycles. The summed E-state index contributed by atoms with van der Waals surface area (Å²) in [7, 11) is -4.26. The lowest BCUT2D eigenvalue weighted by atomic mass is 10.1. The van der Waals surface area contributed by atoms with E-state index in [4.69, 9.17) is 10.9 Å². The zero-order valence-corrected chi connectivity index (χ0v) is 8.77. The number of alkyl halides is 3. The Hall–Kier alpha value is -1.28. The highest BCUT2D eigenvalue weighted by atomic mass is 32.2. The molecule has 4 N–H and O–H groups in total. The molecule has 0 amide bonds. The minimum absolute atomic E-state index is 0.288. The summed E-state index contributed by atoms with van der Waals surface area (Å²) in [6.45, 7) is 0. The average molecular weight is 254 g/mol. The second kappa shape index (κ2) is 3.95. The van der Waals surface area contributed by atoms with Gasteiger partial charge in [-0.3, -0.25) is 0 Å². The first-order valence-corrected chi connectivity index (χ1v) is 5.63. The number of halogens is 3. The van der Waals surface area contributed by atoms with Crippen molar-refractivity contribution >= 4 is 15.7 Å². The summed E-state index contributed by atoms with van der Waals surface area (Å²) < 4.78 is 58.7. The van der Waals surface area contributed by atoms with Crippen LogP contribution in [-0.4, -0.2) is 14.6 Å². The molecular weight excluding hydrogens is 245 g/mol. The second-order valence-electron chi connectivity index (χ2n) is 3.17. The lowest BCUT2D eigenvalue weighted by Crippen LogP contribution is -2.20. The van der Waals surface area contributed by atoms with Crippen LogP contribution in [0.1, 0.15) is 5.56 Å². The quantitative estimate of drug-likeness (QED) is 0.772. The number of hydrogen-bond donors (Lipinski definition) is 2. The van der Waals surface area contributed by atoms with Gasteiger partial charge in [-0.2, -0.15) is 13.2 Å². The molecule has 90 valence electrons. The fraction of sp³-hybridized carbons (Fsp3) is 0.250. The molecule has 4 nitrogen and oxygen atoms in total. The van der Waals surface area contributed by atoms with Crippen molar-refractivity contribution in [2.45, 2.75) is 17.5 Å². The van der Waals surface area contributed by atoms with E-state index in [1.807, 2.05) is 0 Å². The molecule has 0 saturated heterocycles. The van der Waals surface area contributed by atoms with E-state index < -0.39 is 33.1 Å². The van der Waals surface area contributed by atoms with Gasteiger partial charge in [0.25, 0.3) is 0 Å². The molecule has 0 fully saturated rings. The van der Waals surface area contributed by atoms with Crippen LogP contribution in [0.25, 0.3) is 0 Å². The summed E-state index contributed by atoms with van der Waals surface area (Å²) in [6.07, 6.45) is -5.91. The van der Waals surface area contributed by atoms with Gasteiger partial charge in [0.2, 0.25) is 10.0 Å². The number of rotatable bonds is 2. The Bertz CT molecular complexity index is 496. The molecule has 16 heavy (non-hydrogen) atoms. The molecule has 0 aliphatic heterocycles. The van der Waals surface area contributed by atoms with Crippen molar-refractivity contribution in [2.75, 3.05) is 5.73 Å². The van der Waals surface area contributed by atoms with Crippen LogP contribution >= 0.6 is 0 Å². The van der Waals surface area contributed by atoms with Gasteiger partial charge in [0.05, 0.1) is 12.1 Å². The van der Waals surface area contributed by atoms with Crippen molar-refractivity contribution in [3.8, 4) is 0 Å². The highest BCUT2D eigenvalue weighted by Gasteiger charge is 2.31. The minimum Gasteiger partial charge on any atom is -0.398 e. The van der Waals surface area contributed by atoms with Crippen LogP contribution in [0.15, 0.2) is 23.1 Å². The molecule has 0 aliphatic rings. The first-order chi connectivity index (χ1) is 7.11. The molecule has 1 aromatic carbocycles. The number of primary sulfonamides is 1. The third-order valence-electron chi connectivity index (χ3n) is 1.80. The van der Waals surface area contributed by atoms with E-state index in [1.54, 1.807) is 0 Å². The van der Waals surface area contributed by atoms with E-state index >= 15 is 0 Å². The maximum Gasteiger partial charge on any atom is 0.393 e. The van der Waals surface area contributed by atoms with Gasteiger partial charge in [0, 0.05) is 0 Å². The molecule has 1 rings (SSSR count). The van der Waals surface area contributed by atoms with E-state index in [0.717, 1.165) is 6.07 Å². The first-order valence-electron chi connectivity index (χ1n) is 4.08. The second-order valence-corrected chi connectivity index (χ2v) is 4.67. The van der Waals surface area contributed by atoms with Crippen LogP contribution in [0.4, 0.5) is 18.9 Å². The summed E-state index contributed by atoms with van der Waals surface area (Å²) >= 11 is 0. The van der Waals surface area contributed by atoms with Gasteiger partial charge in [-0.1, -0.05) is 12.1 Å². The van der Waals surface area contributed by atoms with E-state index in [1.165, 1.54) is 12.1 Å². The van der Waals surface area contributed by atoms with Gasteiger partial charge < -0.3 is 5.73 Å². The van der Waals surface area contributed by atoms with Crippen LogP contribution in [0, 0.1) is 0 Å². The van der Waals surface area contributed by atoms with Gasteiger partial charge in [-0.05, 0) is 11.6 Å². The highest BCUT2D eigenvalue weighted by Crippen LogP contribution is 2.28. The minimum atomic E-state index is -4.52. The largest absolute Gasteiger partial charge is 0.398 e. The van der Waals surface area contributed by atoms with Crippen molar-refractivity contribution < 1.29 is 21.6 Å². The lowest BCUT2D eigenvalue weighted by molar-refractivity contribution is -0.127. The van der Waals surface area contributed by atoms with Crippen LogP contribution < -0.4 is 10.9 Å². The topological polar surface area (TPSA) is 86.2 Å². The van der Waals surface area contributed by atoms with Gasteiger partial charge in [-0.25, -0.2) is 13.6 Å². The Labute approximate surface area is 90.1 Å². The van der Waals surface area contributed by atoms with Crippen molar-refractivity contribution in [3.63, 3.8) is 0 Å². The smallest absolute Gasteiger partial charge is 0.393 e. The zero-order chi connectivity index (χ0) is 12.6. The number of anilines is 1. The van der Waals surface area contributed by atoms with Crippen molar-refractivity contribution in [3.05, 3.63) is 23.8 Å². The van der Waals surface area contributed by atoms with Crippen molar-refractivity contribution in [2.24, 2.45) is 5.14 Å². The third-order valence-corrected chi connectivity index (χ3v) is 2.87. The molecule has 0 spiro atoms. The Morgan fingerprint density at radius 1 is 1.25 bits per heavy atom. The maximum atomic E-state index is 12.2. The number of sulfonamides is 1. The Kier molecular flexibility index (Phi) is 3.15. The maximum absolute atomic E-state index is 12.2. The summed E-state index contributed by atoms with van der Waals surface area (Å²) in [6, 6.07) is 3.45. The van der Waals surface area contributed by atoms with Gasteiger partial charge in [-0.15, -0.1) is 0 Å². The number of benzene rings is 1. The van der Waals surface area contributed by atoms with Gasteiger partial charge >= 0.3 is 6.18 Å².